The highest BCUT2D eigenvalue weighted by molar-refractivity contribution is 6.05. The number of hydrogen-bond acceptors (Lipinski definition) is 5. The number of rotatable bonds is 4. The minimum Gasteiger partial charge on any atom is -0.363 e. The number of halogens is 5. The van der Waals surface area contributed by atoms with Gasteiger partial charge in [-0.15, -0.1) is 0 Å². The number of nitrogens with zero attached hydrogens (tertiary/aromatic N) is 4. The van der Waals surface area contributed by atoms with Gasteiger partial charge < -0.3 is 10.2 Å². The van der Waals surface area contributed by atoms with E-state index in [-0.39, 0.29) is 11.0 Å². The Morgan fingerprint density at radius 3 is 2.59 bits per heavy atom. The van der Waals surface area contributed by atoms with Gasteiger partial charge in [-0.3, -0.25) is 19.1 Å². The van der Waals surface area contributed by atoms with Gasteiger partial charge >= 0.3 is 6.18 Å². The predicted octanol–water partition coefficient (Wildman–Crippen LogP) is 2.98. The Morgan fingerprint density at radius 1 is 1.34 bits per heavy atom. The molecule has 7 nitrogen and oxygen atoms in total. The van der Waals surface area contributed by atoms with Gasteiger partial charge in [-0.1, -0.05) is 6.92 Å². The normalized spacial score (nSPS) is 17.6. The number of nitrogens with one attached hydrogen (secondary N) is 1. The lowest BCUT2D eigenvalue weighted by Gasteiger charge is -2.21. The van der Waals surface area contributed by atoms with Crippen LogP contribution in [0.25, 0.3) is 11.0 Å². The van der Waals surface area contributed by atoms with Gasteiger partial charge in [0.15, 0.2) is 17.3 Å². The Labute approximate surface area is 179 Å². The van der Waals surface area contributed by atoms with Crippen LogP contribution in [0.2, 0.25) is 0 Å². The zero-order valence-electron chi connectivity index (χ0n) is 17.4. The summed E-state index contributed by atoms with van der Waals surface area (Å²) in [6.07, 6.45) is -5.28. The number of anilines is 1. The molecule has 1 amide bonds. The van der Waals surface area contributed by atoms with E-state index in [2.05, 4.69) is 9.98 Å². The lowest BCUT2D eigenvalue weighted by atomic mass is 10.1. The van der Waals surface area contributed by atoms with E-state index in [4.69, 9.17) is 0 Å². The molecule has 2 aromatic heterocycles. The van der Waals surface area contributed by atoms with Crippen molar-refractivity contribution in [3.63, 3.8) is 0 Å². The third-order valence-corrected chi connectivity index (χ3v) is 4.83. The van der Waals surface area contributed by atoms with Crippen LogP contribution in [0.4, 0.5) is 27.8 Å². The second-order valence-corrected chi connectivity index (χ2v) is 7.35. The van der Waals surface area contributed by atoms with Crippen molar-refractivity contribution in [2.24, 2.45) is 4.99 Å². The van der Waals surface area contributed by atoms with Crippen LogP contribution in [0.1, 0.15) is 23.7 Å². The summed E-state index contributed by atoms with van der Waals surface area (Å²) in [5, 5.41) is 1.65. The average molecular weight is 457 g/mol. The highest BCUT2D eigenvalue weighted by Crippen LogP contribution is 2.23. The van der Waals surface area contributed by atoms with Gasteiger partial charge in [0.25, 0.3) is 5.91 Å². The molecular formula is C20H20F5N5O2. The van der Waals surface area contributed by atoms with E-state index < -0.39 is 59.9 Å². The van der Waals surface area contributed by atoms with Crippen LogP contribution >= 0.6 is 0 Å². The first-order valence-electron chi connectivity index (χ1n) is 9.62. The molecule has 2 atom stereocenters. The quantitative estimate of drug-likeness (QED) is 0.716. The largest absolute Gasteiger partial charge is 0.408 e. The predicted molar refractivity (Wildman–Crippen MR) is 110 cm³/mol. The van der Waals surface area contributed by atoms with Crippen LogP contribution in [0.15, 0.2) is 40.0 Å². The van der Waals surface area contributed by atoms with Crippen molar-refractivity contribution in [1.29, 1.82) is 0 Å². The molecule has 0 spiro atoms. The standard InChI is InChI=1S/C20H20F5N5O2/c1-4-14(20(23,24)25)27-19(32)12-9-30(18-13(22)7-10(21)8-26-18)17-11(16(12)31)5-6-15(28-17)29(2)3/h5-7,9-10,14H,4,8H2,1-3H3,(H,27,32)/t10?,14-/m0/s1. The second kappa shape index (κ2) is 8.67. The van der Waals surface area contributed by atoms with Gasteiger partial charge in [0.2, 0.25) is 5.43 Å². The van der Waals surface area contributed by atoms with Crippen molar-refractivity contribution in [2.45, 2.75) is 31.7 Å². The van der Waals surface area contributed by atoms with Gasteiger partial charge in [-0.05, 0) is 24.6 Å². The van der Waals surface area contributed by atoms with E-state index in [9.17, 15) is 31.5 Å². The summed E-state index contributed by atoms with van der Waals surface area (Å²) in [4.78, 5) is 35.3. The first kappa shape index (κ1) is 23.4. The Balaban J connectivity index is 2.23. The molecule has 3 rings (SSSR count). The van der Waals surface area contributed by atoms with Gasteiger partial charge in [-0.2, -0.15) is 13.2 Å². The van der Waals surface area contributed by atoms with E-state index in [0.29, 0.717) is 11.9 Å². The zero-order valence-corrected chi connectivity index (χ0v) is 17.4. The van der Waals surface area contributed by atoms with Crippen molar-refractivity contribution < 1.29 is 26.7 Å². The summed E-state index contributed by atoms with van der Waals surface area (Å²) in [6, 6.07) is 0.619. The van der Waals surface area contributed by atoms with Crippen molar-refractivity contribution in [2.75, 3.05) is 25.5 Å². The SMILES string of the molecule is CC[C@H](NC(=O)c1cn(C2=NCC(F)C=C2F)c2nc(N(C)C)ccc2c1=O)C(F)(F)F. The molecule has 1 unspecified atom stereocenters. The van der Waals surface area contributed by atoms with Gasteiger partial charge in [0, 0.05) is 20.3 Å². The highest BCUT2D eigenvalue weighted by atomic mass is 19.4. The third-order valence-electron chi connectivity index (χ3n) is 4.83. The fourth-order valence-electron chi connectivity index (χ4n) is 3.14. The Hall–Kier alpha value is -3.31. The molecule has 0 radical (unpaired) electrons. The molecule has 3 heterocycles. The minimum atomic E-state index is -4.72. The number of pyridine rings is 2. The lowest BCUT2D eigenvalue weighted by molar-refractivity contribution is -0.153. The van der Waals surface area contributed by atoms with E-state index in [1.165, 1.54) is 19.1 Å². The number of hydrogen-bond donors (Lipinski definition) is 1. The smallest absolute Gasteiger partial charge is 0.363 e. The van der Waals surface area contributed by atoms with Crippen molar-refractivity contribution in [3.05, 3.63) is 46.0 Å². The maximum Gasteiger partial charge on any atom is 0.408 e. The molecule has 32 heavy (non-hydrogen) atoms. The van der Waals surface area contributed by atoms with E-state index >= 15 is 0 Å². The summed E-state index contributed by atoms with van der Waals surface area (Å²) in [5.74, 6) is -2.37. The number of dihydropyridines is 1. The minimum absolute atomic E-state index is 0.0831. The monoisotopic (exact) mass is 457 g/mol. The molecule has 0 fully saturated rings. The number of aliphatic imine (C=N–C) groups is 1. The van der Waals surface area contributed by atoms with Crippen molar-refractivity contribution in [1.82, 2.24) is 14.9 Å². The molecule has 0 aromatic carbocycles. The molecule has 1 aliphatic heterocycles. The highest BCUT2D eigenvalue weighted by Gasteiger charge is 2.39. The van der Waals surface area contributed by atoms with Gasteiger partial charge in [0.1, 0.15) is 23.6 Å². The van der Waals surface area contributed by atoms with Crippen molar-refractivity contribution in [3.8, 4) is 0 Å². The Kier molecular flexibility index (Phi) is 6.33. The molecular weight excluding hydrogens is 437 g/mol. The molecule has 1 N–H and O–H groups in total. The van der Waals surface area contributed by atoms with Crippen molar-refractivity contribution >= 4 is 28.6 Å². The van der Waals surface area contributed by atoms with E-state index in [1.54, 1.807) is 24.3 Å². The number of alkyl halides is 4. The van der Waals surface area contributed by atoms with Crippen LogP contribution < -0.4 is 15.6 Å². The summed E-state index contributed by atoms with van der Waals surface area (Å²) in [7, 11) is 3.35. The topological polar surface area (TPSA) is 79.6 Å². The third kappa shape index (κ3) is 4.48. The maximum absolute atomic E-state index is 14.5. The molecule has 0 saturated heterocycles. The number of carbonyl (C=O) groups is 1. The summed E-state index contributed by atoms with van der Waals surface area (Å²) >= 11 is 0. The molecule has 1 aliphatic rings. The Bertz CT molecular complexity index is 1170. The molecule has 172 valence electrons. The second-order valence-electron chi connectivity index (χ2n) is 7.35. The molecule has 2 aromatic rings. The van der Waals surface area contributed by atoms with Crippen LogP contribution in [0, 0.1) is 0 Å². The molecule has 12 heteroatoms. The fraction of sp³-hybridized carbons (Fsp3) is 0.400. The summed E-state index contributed by atoms with van der Waals surface area (Å²) < 4.78 is 68.3. The van der Waals surface area contributed by atoms with Gasteiger partial charge in [-0.25, -0.2) is 13.8 Å². The number of aromatic nitrogens is 2. The van der Waals surface area contributed by atoms with Crippen LogP contribution in [0.5, 0.6) is 0 Å². The number of carbonyl (C=O) groups excluding carboxylic acids is 1. The van der Waals surface area contributed by atoms with Crippen LogP contribution in [-0.4, -0.2) is 60.3 Å². The average Bonchev–Trinajstić information content (AvgIpc) is 2.71. The summed E-state index contributed by atoms with van der Waals surface area (Å²) in [6.45, 7) is 0.825. The maximum atomic E-state index is 14.5. The Morgan fingerprint density at radius 2 is 2.03 bits per heavy atom. The molecule has 0 aliphatic carbocycles. The fourth-order valence-corrected chi connectivity index (χ4v) is 3.14. The van der Waals surface area contributed by atoms with E-state index in [1.807, 2.05) is 0 Å². The summed E-state index contributed by atoms with van der Waals surface area (Å²) in [5.41, 5.74) is -1.62. The zero-order chi connectivity index (χ0) is 23.8. The number of amides is 1. The lowest BCUT2D eigenvalue weighted by Crippen LogP contribution is -2.46. The van der Waals surface area contributed by atoms with Gasteiger partial charge in [0.05, 0.1) is 11.9 Å². The van der Waals surface area contributed by atoms with E-state index in [0.717, 1.165) is 10.8 Å². The van der Waals surface area contributed by atoms with Crippen LogP contribution in [0.3, 0.4) is 0 Å². The first-order valence-corrected chi connectivity index (χ1v) is 9.62. The number of fused-ring (bicyclic) bond motifs is 1. The van der Waals surface area contributed by atoms with Crippen LogP contribution in [-0.2, 0) is 0 Å². The number of allylic oxidation sites excluding steroid dienone is 1. The molecule has 0 bridgehead atoms. The first-order chi connectivity index (χ1) is 14.9. The molecule has 0 saturated carbocycles.